The minimum absolute atomic E-state index is 0.148. The molecule has 0 aliphatic carbocycles. The van der Waals surface area contributed by atoms with E-state index in [0.717, 1.165) is 19.5 Å². The summed E-state index contributed by atoms with van der Waals surface area (Å²) in [5, 5.41) is 0. The van der Waals surface area contributed by atoms with Gasteiger partial charge in [-0.25, -0.2) is 4.79 Å². The summed E-state index contributed by atoms with van der Waals surface area (Å²) in [5.74, 6) is 0.618. The highest BCUT2D eigenvalue weighted by Gasteiger charge is 2.32. The van der Waals surface area contributed by atoms with Gasteiger partial charge in [0.1, 0.15) is 0 Å². The molecule has 0 radical (unpaired) electrons. The molecule has 1 heterocycles. The summed E-state index contributed by atoms with van der Waals surface area (Å²) in [6.07, 6.45) is 2.35. The van der Waals surface area contributed by atoms with E-state index in [-0.39, 0.29) is 11.6 Å². The highest BCUT2D eigenvalue weighted by Crippen LogP contribution is 2.20. The summed E-state index contributed by atoms with van der Waals surface area (Å²) in [7, 11) is 0. The van der Waals surface area contributed by atoms with Gasteiger partial charge < -0.3 is 15.5 Å². The van der Waals surface area contributed by atoms with Gasteiger partial charge in [0.2, 0.25) is 0 Å². The number of nitrogens with two attached hydrogens (primary N) is 1. The van der Waals surface area contributed by atoms with Gasteiger partial charge >= 0.3 is 6.03 Å². The Kier molecular flexibility index (Phi) is 4.80. The lowest BCUT2D eigenvalue weighted by molar-refractivity contribution is 0.0941. The number of carbonyl (C=O) groups is 1. The lowest BCUT2D eigenvalue weighted by Crippen LogP contribution is -2.57. The van der Waals surface area contributed by atoms with Crippen molar-refractivity contribution in [2.24, 2.45) is 11.7 Å². The highest BCUT2D eigenvalue weighted by atomic mass is 16.2. The topological polar surface area (TPSA) is 49.6 Å². The maximum absolute atomic E-state index is 12.5. The van der Waals surface area contributed by atoms with Crippen LogP contribution in [0.1, 0.15) is 40.5 Å². The number of likely N-dealkylation sites (N-methyl/N-ethyl adjacent to an activating group) is 1. The summed E-state index contributed by atoms with van der Waals surface area (Å²) in [4.78, 5) is 16.4. The van der Waals surface area contributed by atoms with E-state index in [9.17, 15) is 4.79 Å². The van der Waals surface area contributed by atoms with Crippen LogP contribution >= 0.6 is 0 Å². The third-order valence-electron chi connectivity index (χ3n) is 3.70. The molecule has 0 aromatic rings. The number of nitrogens with zero attached hydrogens (tertiary/aromatic N) is 2. The predicted octanol–water partition coefficient (Wildman–Crippen LogP) is 1.90. The Balaban J connectivity index is 2.72. The van der Waals surface area contributed by atoms with Gasteiger partial charge in [0.25, 0.3) is 0 Å². The molecule has 0 aromatic carbocycles. The number of likely N-dealkylation sites (tertiary alicyclic amines) is 1. The minimum Gasteiger partial charge on any atom is -0.328 e. The molecule has 0 aromatic heterocycles. The van der Waals surface area contributed by atoms with Crippen LogP contribution in [-0.4, -0.2) is 47.5 Å². The van der Waals surface area contributed by atoms with Crippen molar-refractivity contribution in [3.05, 3.63) is 0 Å². The summed E-state index contributed by atoms with van der Waals surface area (Å²) in [6, 6.07) is 0.148. The summed E-state index contributed by atoms with van der Waals surface area (Å²) in [6.45, 7) is 11.3. The Hall–Kier alpha value is -0.770. The molecule has 100 valence electrons. The largest absolute Gasteiger partial charge is 0.328 e. The number of carbonyl (C=O) groups excluding carboxylic acids is 1. The molecule has 4 heteroatoms. The molecule has 1 fully saturated rings. The van der Waals surface area contributed by atoms with E-state index in [1.165, 1.54) is 6.42 Å². The first kappa shape index (κ1) is 14.3. The number of urea groups is 1. The van der Waals surface area contributed by atoms with Crippen LogP contribution in [0.2, 0.25) is 0 Å². The Labute approximate surface area is 105 Å². The van der Waals surface area contributed by atoms with E-state index in [2.05, 4.69) is 6.92 Å². The molecule has 17 heavy (non-hydrogen) atoms. The average Bonchev–Trinajstić information content (AvgIpc) is 2.29. The van der Waals surface area contributed by atoms with Gasteiger partial charge in [-0.2, -0.15) is 0 Å². The Bertz CT molecular complexity index is 265. The molecule has 1 saturated heterocycles. The number of amides is 2. The van der Waals surface area contributed by atoms with E-state index in [1.54, 1.807) is 0 Å². The second-order valence-electron chi connectivity index (χ2n) is 5.74. The maximum atomic E-state index is 12.5. The van der Waals surface area contributed by atoms with Crippen LogP contribution in [0.5, 0.6) is 0 Å². The molecule has 0 spiro atoms. The molecular weight excluding hydrogens is 214 g/mol. The molecule has 2 N–H and O–H groups in total. The van der Waals surface area contributed by atoms with Gasteiger partial charge in [-0.3, -0.25) is 0 Å². The van der Waals surface area contributed by atoms with Crippen molar-refractivity contribution in [3.63, 3.8) is 0 Å². The normalized spacial score (nSPS) is 21.5. The first-order valence-corrected chi connectivity index (χ1v) is 6.69. The fourth-order valence-corrected chi connectivity index (χ4v) is 2.47. The number of rotatable bonds is 3. The Morgan fingerprint density at radius 2 is 2.18 bits per heavy atom. The van der Waals surface area contributed by atoms with Gasteiger partial charge in [0.05, 0.1) is 5.54 Å². The first-order chi connectivity index (χ1) is 7.92. The van der Waals surface area contributed by atoms with Gasteiger partial charge in [0, 0.05) is 26.2 Å². The number of hydrogen-bond acceptors (Lipinski definition) is 2. The predicted molar refractivity (Wildman–Crippen MR) is 70.9 cm³/mol. The van der Waals surface area contributed by atoms with Crippen LogP contribution in [0, 0.1) is 5.92 Å². The fraction of sp³-hybridized carbons (Fsp3) is 0.923. The average molecular weight is 241 g/mol. The zero-order valence-electron chi connectivity index (χ0n) is 11.7. The zero-order chi connectivity index (χ0) is 13.1. The van der Waals surface area contributed by atoms with E-state index in [0.29, 0.717) is 19.0 Å². The van der Waals surface area contributed by atoms with Gasteiger partial charge in [-0.15, -0.1) is 0 Å². The molecular formula is C13H27N3O. The van der Waals surface area contributed by atoms with Crippen LogP contribution in [0.15, 0.2) is 0 Å². The van der Waals surface area contributed by atoms with Crippen molar-refractivity contribution in [2.45, 2.75) is 46.1 Å². The monoisotopic (exact) mass is 241 g/mol. The minimum atomic E-state index is -0.257. The van der Waals surface area contributed by atoms with Crippen molar-refractivity contribution in [2.75, 3.05) is 26.2 Å². The van der Waals surface area contributed by atoms with Crippen molar-refractivity contribution >= 4 is 6.03 Å². The van der Waals surface area contributed by atoms with Crippen LogP contribution in [0.4, 0.5) is 4.79 Å². The first-order valence-electron chi connectivity index (χ1n) is 6.69. The quantitative estimate of drug-likeness (QED) is 0.820. The van der Waals surface area contributed by atoms with Crippen LogP contribution in [0.25, 0.3) is 0 Å². The lowest BCUT2D eigenvalue weighted by Gasteiger charge is -2.42. The molecule has 2 amide bonds. The molecule has 1 unspecified atom stereocenters. The standard InChI is InChI=1S/C13H27N3O/c1-5-16(13(3,4)10-14)12(17)15-8-6-7-11(2)9-15/h11H,5-10,14H2,1-4H3. The van der Waals surface area contributed by atoms with Crippen molar-refractivity contribution < 1.29 is 4.79 Å². The number of hydrogen-bond donors (Lipinski definition) is 1. The van der Waals surface area contributed by atoms with Gasteiger partial charge in [-0.05, 0) is 39.5 Å². The van der Waals surface area contributed by atoms with Crippen molar-refractivity contribution in [1.82, 2.24) is 9.80 Å². The van der Waals surface area contributed by atoms with Crippen LogP contribution in [0.3, 0.4) is 0 Å². The van der Waals surface area contributed by atoms with Gasteiger partial charge in [-0.1, -0.05) is 6.92 Å². The zero-order valence-corrected chi connectivity index (χ0v) is 11.7. The molecule has 1 atom stereocenters. The van der Waals surface area contributed by atoms with E-state index < -0.39 is 0 Å². The van der Waals surface area contributed by atoms with E-state index >= 15 is 0 Å². The third kappa shape index (κ3) is 3.35. The summed E-state index contributed by atoms with van der Waals surface area (Å²) in [5.41, 5.74) is 5.51. The Morgan fingerprint density at radius 3 is 2.65 bits per heavy atom. The second kappa shape index (κ2) is 5.71. The number of piperidine rings is 1. The van der Waals surface area contributed by atoms with Gasteiger partial charge in [0.15, 0.2) is 0 Å². The smallest absolute Gasteiger partial charge is 0.320 e. The third-order valence-corrected chi connectivity index (χ3v) is 3.70. The Morgan fingerprint density at radius 1 is 1.53 bits per heavy atom. The molecule has 1 aliphatic rings. The van der Waals surface area contributed by atoms with E-state index in [4.69, 9.17) is 5.73 Å². The SMILES string of the molecule is CCN(C(=O)N1CCCC(C)C1)C(C)(C)CN. The maximum Gasteiger partial charge on any atom is 0.320 e. The van der Waals surface area contributed by atoms with Crippen molar-refractivity contribution in [1.29, 1.82) is 0 Å². The molecule has 0 saturated carbocycles. The van der Waals surface area contributed by atoms with E-state index in [1.807, 2.05) is 30.6 Å². The van der Waals surface area contributed by atoms with Crippen LogP contribution < -0.4 is 5.73 Å². The molecule has 4 nitrogen and oxygen atoms in total. The summed E-state index contributed by atoms with van der Waals surface area (Å²) < 4.78 is 0. The lowest BCUT2D eigenvalue weighted by atomic mass is 10.00. The second-order valence-corrected chi connectivity index (χ2v) is 5.74. The highest BCUT2D eigenvalue weighted by molar-refractivity contribution is 5.75. The molecule has 1 aliphatic heterocycles. The molecule has 0 bridgehead atoms. The summed E-state index contributed by atoms with van der Waals surface area (Å²) >= 11 is 0. The molecule has 1 rings (SSSR count). The fourth-order valence-electron chi connectivity index (χ4n) is 2.47. The van der Waals surface area contributed by atoms with Crippen molar-refractivity contribution in [3.8, 4) is 0 Å². The van der Waals surface area contributed by atoms with Crippen LogP contribution in [-0.2, 0) is 0 Å².